The summed E-state index contributed by atoms with van der Waals surface area (Å²) in [5.74, 6) is 4.22. The molecule has 2 heterocycles. The van der Waals surface area contributed by atoms with E-state index in [0.29, 0.717) is 23.7 Å². The molecule has 1 aliphatic heterocycles. The lowest BCUT2D eigenvalue weighted by atomic mass is 9.42. The Morgan fingerprint density at radius 1 is 0.836 bits per heavy atom. The highest BCUT2D eigenvalue weighted by Crippen LogP contribution is 2.75. The molecule has 0 aromatic carbocycles. The molecule has 11 aliphatic rings. The van der Waals surface area contributed by atoms with Gasteiger partial charge in [0.25, 0.3) is 0 Å². The summed E-state index contributed by atoms with van der Waals surface area (Å²) in [5.41, 5.74) is 5.88. The van der Waals surface area contributed by atoms with E-state index in [1.165, 1.54) is 64.2 Å². The van der Waals surface area contributed by atoms with Gasteiger partial charge in [-0.25, -0.2) is 4.98 Å². The Bertz CT molecular complexity index is 2080. The number of carbonyl (C=O) groups is 1. The first kappa shape index (κ1) is 41.1. The molecule has 1 saturated heterocycles. The Kier molecular flexibility index (Phi) is 9.48. The van der Waals surface area contributed by atoms with E-state index in [4.69, 9.17) is 0 Å². The standard InChI is InChI=1S/C52H72N2O5S2/c1-48(2)23-32(54-16-15-53-27-54)26-61-60-25-31-19-37(50(4)14-12-36-38(52(31,50)59)20-40(55)39-21-41(56)42(57)24-49(36,39)3)34-18-29-7-5-9-33-43(29)44(47(34)58)46(48)35-17-28-10-11-30-8-6-13-51(30,22-28)45(33)35/h15-16,20,27-32,34,36-37,39,41-42,44-45,47,56-59H,5-14,17-19,21-26H2,1-4H3/t28-,29+,30-,31+,32-,34+,36+,37-,39+,41-,42+,44-,45+,47+,49-,50-,51+,52-/m1/s1. The third kappa shape index (κ3) is 5.52. The van der Waals surface area contributed by atoms with Crippen LogP contribution in [0.2, 0.25) is 0 Å². The molecule has 12 rings (SSSR count). The Balaban J connectivity index is 1.03. The normalized spacial score (nSPS) is 52.3. The maximum Gasteiger partial charge on any atom is 0.159 e. The largest absolute Gasteiger partial charge is 0.392 e. The van der Waals surface area contributed by atoms with Crippen LogP contribution in [0.25, 0.3) is 0 Å². The predicted octanol–water partition coefficient (Wildman–Crippen LogP) is 9.68. The molecule has 1 spiro atoms. The number of fused-ring (bicyclic) bond motifs is 14. The molecule has 0 unspecified atom stereocenters. The van der Waals surface area contributed by atoms with Crippen LogP contribution < -0.4 is 0 Å². The summed E-state index contributed by atoms with van der Waals surface area (Å²) < 4.78 is 2.36. The predicted molar refractivity (Wildman–Crippen MR) is 242 cm³/mol. The summed E-state index contributed by atoms with van der Waals surface area (Å²) in [6.45, 7) is 9.65. The van der Waals surface area contributed by atoms with Crippen LogP contribution >= 0.6 is 21.6 Å². The number of allylic oxidation sites excluding steroid dienone is 3. The van der Waals surface area contributed by atoms with Crippen molar-refractivity contribution in [3.8, 4) is 0 Å². The lowest BCUT2D eigenvalue weighted by molar-refractivity contribution is -0.160. The molecule has 0 radical (unpaired) electrons. The zero-order valence-corrected chi connectivity index (χ0v) is 38.9. The second kappa shape index (κ2) is 14.1. The van der Waals surface area contributed by atoms with Crippen LogP contribution in [-0.2, 0) is 4.79 Å². The summed E-state index contributed by atoms with van der Waals surface area (Å²) in [4.78, 5) is 18.9. The molecule has 1 aromatic heterocycles. The van der Waals surface area contributed by atoms with Gasteiger partial charge < -0.3 is 25.0 Å². The van der Waals surface area contributed by atoms with E-state index < -0.39 is 34.7 Å². The molecule has 6 bridgehead atoms. The molecule has 0 amide bonds. The number of rotatable bonds is 1. The minimum absolute atomic E-state index is 0.0225. The molecule has 332 valence electrons. The average Bonchev–Trinajstić information content (AvgIpc) is 3.96. The molecule has 9 heteroatoms. The van der Waals surface area contributed by atoms with Crippen molar-refractivity contribution in [1.29, 1.82) is 0 Å². The van der Waals surface area contributed by atoms with Gasteiger partial charge in [-0.15, -0.1) is 0 Å². The van der Waals surface area contributed by atoms with Crippen LogP contribution in [0.3, 0.4) is 0 Å². The fourth-order valence-corrected chi connectivity index (χ4v) is 21.9. The molecule has 4 N–H and O–H groups in total. The highest BCUT2D eigenvalue weighted by molar-refractivity contribution is 8.76. The third-order valence-corrected chi connectivity index (χ3v) is 24.0. The fraction of sp³-hybridized carbons (Fsp3) is 0.808. The van der Waals surface area contributed by atoms with Crippen molar-refractivity contribution in [1.82, 2.24) is 9.55 Å². The molecule has 1 aromatic rings. The molecule has 7 nitrogen and oxygen atoms in total. The number of aromatic nitrogens is 2. The molecular formula is C52H72N2O5S2. The van der Waals surface area contributed by atoms with Crippen LogP contribution in [-0.4, -0.2) is 71.2 Å². The minimum atomic E-state index is -1.19. The lowest BCUT2D eigenvalue weighted by Crippen LogP contribution is -2.63. The summed E-state index contributed by atoms with van der Waals surface area (Å²) in [7, 11) is 3.86. The van der Waals surface area contributed by atoms with Crippen molar-refractivity contribution in [2.24, 2.45) is 80.8 Å². The van der Waals surface area contributed by atoms with Crippen LogP contribution in [0.15, 0.2) is 52.7 Å². The number of imidazole rings is 1. The first-order valence-electron chi connectivity index (χ1n) is 24.9. The molecular weight excluding hydrogens is 797 g/mol. The lowest BCUT2D eigenvalue weighted by Gasteiger charge is -2.63. The van der Waals surface area contributed by atoms with Crippen molar-refractivity contribution < 1.29 is 25.2 Å². The number of carbonyl (C=O) groups excluding carboxylic acids is 1. The third-order valence-electron chi connectivity index (χ3n) is 21.5. The smallest absolute Gasteiger partial charge is 0.159 e. The van der Waals surface area contributed by atoms with Crippen LogP contribution in [0.1, 0.15) is 143 Å². The van der Waals surface area contributed by atoms with Crippen molar-refractivity contribution in [2.75, 3.05) is 11.5 Å². The second-order valence-corrected chi connectivity index (χ2v) is 26.8. The van der Waals surface area contributed by atoms with Crippen LogP contribution in [0.4, 0.5) is 0 Å². The van der Waals surface area contributed by atoms with Gasteiger partial charge in [0.15, 0.2) is 5.78 Å². The first-order valence-corrected chi connectivity index (χ1v) is 27.4. The number of hydrogen-bond donors (Lipinski definition) is 4. The molecule has 61 heavy (non-hydrogen) atoms. The Morgan fingerprint density at radius 3 is 2.49 bits per heavy atom. The van der Waals surface area contributed by atoms with Crippen molar-refractivity contribution in [3.05, 3.63) is 52.7 Å². The average molecular weight is 869 g/mol. The number of aliphatic hydroxyl groups excluding tert-OH is 3. The summed E-state index contributed by atoms with van der Waals surface area (Å²) >= 11 is 0. The molecule has 18 atom stereocenters. The van der Waals surface area contributed by atoms with Gasteiger partial charge in [-0.1, -0.05) is 78.0 Å². The number of hydrogen-bond acceptors (Lipinski definition) is 8. The van der Waals surface area contributed by atoms with Gasteiger partial charge in [0, 0.05) is 59.0 Å². The zero-order chi connectivity index (χ0) is 42.0. The van der Waals surface area contributed by atoms with Gasteiger partial charge in [0.2, 0.25) is 0 Å². The summed E-state index contributed by atoms with van der Waals surface area (Å²) in [5, 5.41) is 49.7. The van der Waals surface area contributed by atoms with Gasteiger partial charge in [-0.2, -0.15) is 0 Å². The first-order chi connectivity index (χ1) is 29.2. The van der Waals surface area contributed by atoms with E-state index >= 15 is 0 Å². The highest BCUT2D eigenvalue weighted by atomic mass is 33.1. The van der Waals surface area contributed by atoms with Crippen molar-refractivity contribution >= 4 is 27.4 Å². The quantitative estimate of drug-likeness (QED) is 0.163. The van der Waals surface area contributed by atoms with Gasteiger partial charge in [0.1, 0.15) is 0 Å². The monoisotopic (exact) mass is 868 g/mol. The maximum atomic E-state index is 14.4. The van der Waals surface area contributed by atoms with Gasteiger partial charge in [-0.05, 0) is 166 Å². The van der Waals surface area contributed by atoms with Crippen molar-refractivity contribution in [3.63, 3.8) is 0 Å². The number of nitrogens with zero attached hydrogens (tertiary/aromatic N) is 2. The van der Waals surface area contributed by atoms with E-state index in [1.54, 1.807) is 22.3 Å². The Labute approximate surface area is 372 Å². The minimum Gasteiger partial charge on any atom is -0.392 e. The summed E-state index contributed by atoms with van der Waals surface area (Å²) in [6.07, 6.45) is 24.3. The van der Waals surface area contributed by atoms with E-state index in [1.807, 2.05) is 40.2 Å². The highest BCUT2D eigenvalue weighted by Gasteiger charge is 2.72. The van der Waals surface area contributed by atoms with E-state index in [0.717, 1.165) is 61.0 Å². The Morgan fingerprint density at radius 2 is 1.67 bits per heavy atom. The Hall–Kier alpha value is -1.36. The van der Waals surface area contributed by atoms with E-state index in [-0.39, 0.29) is 59.2 Å². The molecule has 7 saturated carbocycles. The fourth-order valence-electron chi connectivity index (χ4n) is 19.2. The van der Waals surface area contributed by atoms with Crippen molar-refractivity contribution in [2.45, 2.75) is 167 Å². The van der Waals surface area contributed by atoms with Crippen LogP contribution in [0, 0.1) is 80.8 Å². The molecule has 8 fully saturated rings. The van der Waals surface area contributed by atoms with E-state index in [2.05, 4.69) is 43.4 Å². The topological polar surface area (TPSA) is 116 Å². The van der Waals surface area contributed by atoms with E-state index in [9.17, 15) is 25.2 Å². The zero-order valence-electron chi connectivity index (χ0n) is 37.2. The van der Waals surface area contributed by atoms with Crippen LogP contribution in [0.5, 0.6) is 0 Å². The maximum absolute atomic E-state index is 14.4. The van der Waals surface area contributed by atoms with Gasteiger partial charge in [0.05, 0.1) is 30.2 Å². The molecule has 10 aliphatic carbocycles. The number of ketones is 1. The van der Waals surface area contributed by atoms with Gasteiger partial charge in [-0.3, -0.25) is 4.79 Å². The second-order valence-electron chi connectivity index (χ2n) is 24.3. The SMILES string of the molecule is CC1(C)C[C@@H](n2ccnc2)CSSC[C@@H]2C[C@H]([C@@H]3C[C@@H]4CCCC5=C4[C@H](C1=C1C[C@H]4CC[C@H]6CCC[C@@]6(C4)[C@@H]51)[C@H]3O)[C@@]1(C)CC[C@H]3C(=CC(=O)[C@@H]4C[C@@H](O)[C@@H](O)C[C@@]43C)[C@]21O. The summed E-state index contributed by atoms with van der Waals surface area (Å²) in [6, 6.07) is 0.242. The van der Waals surface area contributed by atoms with Gasteiger partial charge >= 0.3 is 0 Å². The number of aliphatic hydroxyl groups is 4.